The SMILES string of the molecule is OCC1CCN(CC(O)C(F)(F)F)CC1. The summed E-state index contributed by atoms with van der Waals surface area (Å²) in [5.74, 6) is 0.198. The normalized spacial score (nSPS) is 23.0. The van der Waals surface area contributed by atoms with E-state index in [0.717, 1.165) is 0 Å². The number of rotatable bonds is 3. The Hall–Kier alpha value is -0.330. The van der Waals surface area contributed by atoms with Crippen LogP contribution in [0.25, 0.3) is 0 Å². The number of piperidine rings is 1. The zero-order valence-corrected chi connectivity index (χ0v) is 8.37. The molecule has 1 unspecified atom stereocenters. The molecule has 0 amide bonds. The molecular weight excluding hydrogens is 211 g/mol. The molecule has 0 aliphatic carbocycles. The first-order valence-corrected chi connectivity index (χ1v) is 5.01. The molecule has 0 radical (unpaired) electrons. The van der Waals surface area contributed by atoms with E-state index in [1.807, 2.05) is 0 Å². The topological polar surface area (TPSA) is 43.7 Å². The molecule has 90 valence electrons. The van der Waals surface area contributed by atoms with Crippen molar-refractivity contribution >= 4 is 0 Å². The van der Waals surface area contributed by atoms with Gasteiger partial charge in [-0.3, -0.25) is 0 Å². The molecule has 2 N–H and O–H groups in total. The van der Waals surface area contributed by atoms with Crippen LogP contribution in [-0.4, -0.2) is 53.6 Å². The van der Waals surface area contributed by atoms with Crippen LogP contribution < -0.4 is 0 Å². The van der Waals surface area contributed by atoms with Crippen molar-refractivity contribution < 1.29 is 23.4 Å². The van der Waals surface area contributed by atoms with E-state index in [1.54, 1.807) is 4.90 Å². The minimum absolute atomic E-state index is 0.0929. The molecule has 1 saturated heterocycles. The number of nitrogens with zero attached hydrogens (tertiary/aromatic N) is 1. The second kappa shape index (κ2) is 5.14. The van der Waals surface area contributed by atoms with E-state index >= 15 is 0 Å². The molecule has 0 spiro atoms. The zero-order valence-electron chi connectivity index (χ0n) is 8.37. The van der Waals surface area contributed by atoms with Crippen molar-refractivity contribution in [3.05, 3.63) is 0 Å². The Labute approximate surface area is 86.5 Å². The van der Waals surface area contributed by atoms with Crippen molar-refractivity contribution in [1.82, 2.24) is 4.90 Å². The second-order valence-corrected chi connectivity index (χ2v) is 3.98. The van der Waals surface area contributed by atoms with Gasteiger partial charge in [0.2, 0.25) is 0 Å². The van der Waals surface area contributed by atoms with E-state index in [9.17, 15) is 13.2 Å². The van der Waals surface area contributed by atoms with Crippen LogP contribution in [0.2, 0.25) is 0 Å². The van der Waals surface area contributed by atoms with Gasteiger partial charge in [0, 0.05) is 13.2 Å². The molecule has 3 nitrogen and oxygen atoms in total. The van der Waals surface area contributed by atoms with Crippen molar-refractivity contribution in [2.45, 2.75) is 25.1 Å². The van der Waals surface area contributed by atoms with Gasteiger partial charge in [-0.05, 0) is 31.8 Å². The van der Waals surface area contributed by atoms with Crippen LogP contribution in [0.5, 0.6) is 0 Å². The summed E-state index contributed by atoms with van der Waals surface area (Å²) in [6.07, 6.45) is -5.40. The summed E-state index contributed by atoms with van der Waals surface area (Å²) in [7, 11) is 0. The molecule has 1 rings (SSSR count). The lowest BCUT2D eigenvalue weighted by atomic mass is 9.98. The number of alkyl halides is 3. The molecule has 1 heterocycles. The average Bonchev–Trinajstić information content (AvgIpc) is 2.17. The van der Waals surface area contributed by atoms with E-state index in [4.69, 9.17) is 10.2 Å². The molecule has 0 bridgehead atoms. The predicted molar refractivity (Wildman–Crippen MR) is 48.3 cm³/mol. The van der Waals surface area contributed by atoms with Crippen molar-refractivity contribution in [1.29, 1.82) is 0 Å². The summed E-state index contributed by atoms with van der Waals surface area (Å²) in [6.45, 7) is 0.758. The van der Waals surface area contributed by atoms with Crippen LogP contribution in [0.1, 0.15) is 12.8 Å². The van der Waals surface area contributed by atoms with Crippen LogP contribution in [0, 0.1) is 5.92 Å². The van der Waals surface area contributed by atoms with E-state index in [-0.39, 0.29) is 19.1 Å². The van der Waals surface area contributed by atoms with E-state index < -0.39 is 12.3 Å². The third-order valence-corrected chi connectivity index (χ3v) is 2.77. The van der Waals surface area contributed by atoms with Crippen LogP contribution in [0.4, 0.5) is 13.2 Å². The maximum Gasteiger partial charge on any atom is 0.415 e. The summed E-state index contributed by atoms with van der Waals surface area (Å²) in [5, 5.41) is 17.7. The van der Waals surface area contributed by atoms with Gasteiger partial charge >= 0.3 is 6.18 Å². The van der Waals surface area contributed by atoms with Gasteiger partial charge in [-0.1, -0.05) is 0 Å². The largest absolute Gasteiger partial charge is 0.415 e. The number of likely N-dealkylation sites (tertiary alicyclic amines) is 1. The maximum absolute atomic E-state index is 12.0. The van der Waals surface area contributed by atoms with Gasteiger partial charge < -0.3 is 15.1 Å². The molecule has 15 heavy (non-hydrogen) atoms. The predicted octanol–water partition coefficient (Wildman–Crippen LogP) is 0.614. The first-order valence-electron chi connectivity index (χ1n) is 5.01. The third kappa shape index (κ3) is 3.96. The van der Waals surface area contributed by atoms with E-state index in [1.165, 1.54) is 0 Å². The first-order chi connectivity index (χ1) is 6.93. The van der Waals surface area contributed by atoms with E-state index in [0.29, 0.717) is 25.9 Å². The number of halogens is 3. The summed E-state index contributed by atoms with van der Waals surface area (Å²) < 4.78 is 36.1. The highest BCUT2D eigenvalue weighted by Gasteiger charge is 2.39. The lowest BCUT2D eigenvalue weighted by Gasteiger charge is -2.32. The Balaban J connectivity index is 2.29. The molecule has 6 heteroatoms. The highest BCUT2D eigenvalue weighted by molar-refractivity contribution is 4.76. The van der Waals surface area contributed by atoms with Crippen LogP contribution in [0.3, 0.4) is 0 Å². The number of hydrogen-bond acceptors (Lipinski definition) is 3. The van der Waals surface area contributed by atoms with Gasteiger partial charge in [-0.25, -0.2) is 0 Å². The molecule has 1 fully saturated rings. The molecule has 0 saturated carbocycles. The minimum atomic E-state index is -4.53. The lowest BCUT2D eigenvalue weighted by molar-refractivity contribution is -0.208. The van der Waals surface area contributed by atoms with Gasteiger partial charge in [0.05, 0.1) is 0 Å². The van der Waals surface area contributed by atoms with Crippen LogP contribution in [-0.2, 0) is 0 Å². The third-order valence-electron chi connectivity index (χ3n) is 2.77. The summed E-state index contributed by atoms with van der Waals surface area (Å²) in [4.78, 5) is 1.59. The Kier molecular flexibility index (Phi) is 4.36. The highest BCUT2D eigenvalue weighted by atomic mass is 19.4. The standard InChI is InChI=1S/C9H16F3NO2/c10-9(11,12)8(15)5-13-3-1-7(6-14)2-4-13/h7-8,14-15H,1-6H2. The molecule has 1 atom stereocenters. The van der Waals surface area contributed by atoms with Crippen molar-refractivity contribution in [2.75, 3.05) is 26.2 Å². The monoisotopic (exact) mass is 227 g/mol. The van der Waals surface area contributed by atoms with E-state index in [2.05, 4.69) is 0 Å². The van der Waals surface area contributed by atoms with Crippen molar-refractivity contribution in [3.8, 4) is 0 Å². The van der Waals surface area contributed by atoms with Gasteiger partial charge in [0.15, 0.2) is 6.10 Å². The molecule has 1 aliphatic heterocycles. The lowest BCUT2D eigenvalue weighted by Crippen LogP contribution is -2.44. The Morgan fingerprint density at radius 2 is 1.80 bits per heavy atom. The van der Waals surface area contributed by atoms with Gasteiger partial charge in [-0.2, -0.15) is 13.2 Å². The van der Waals surface area contributed by atoms with Crippen LogP contribution in [0.15, 0.2) is 0 Å². The van der Waals surface area contributed by atoms with Crippen LogP contribution >= 0.6 is 0 Å². The van der Waals surface area contributed by atoms with Gasteiger partial charge in [0.1, 0.15) is 0 Å². The highest BCUT2D eigenvalue weighted by Crippen LogP contribution is 2.23. The van der Waals surface area contributed by atoms with Gasteiger partial charge in [-0.15, -0.1) is 0 Å². The fraction of sp³-hybridized carbons (Fsp3) is 1.00. The van der Waals surface area contributed by atoms with Crippen molar-refractivity contribution in [2.24, 2.45) is 5.92 Å². The molecule has 0 aromatic rings. The summed E-state index contributed by atoms with van der Waals surface area (Å²) in [6, 6.07) is 0. The number of aliphatic hydroxyl groups is 2. The number of aliphatic hydroxyl groups excluding tert-OH is 2. The Morgan fingerprint density at radius 1 is 1.27 bits per heavy atom. The maximum atomic E-state index is 12.0. The average molecular weight is 227 g/mol. The fourth-order valence-electron chi connectivity index (χ4n) is 1.70. The zero-order chi connectivity index (χ0) is 11.5. The van der Waals surface area contributed by atoms with Gasteiger partial charge in [0.25, 0.3) is 0 Å². The number of β-amino-alcohol motifs (C(OH)–C–C–N with tert-alkyl or cyclic N) is 1. The van der Waals surface area contributed by atoms with Crippen molar-refractivity contribution in [3.63, 3.8) is 0 Å². The smallest absolute Gasteiger partial charge is 0.396 e. The molecular formula is C9H16F3NO2. The Morgan fingerprint density at radius 3 is 2.20 bits per heavy atom. The quantitative estimate of drug-likeness (QED) is 0.742. The molecule has 0 aromatic heterocycles. The fourth-order valence-corrected chi connectivity index (χ4v) is 1.70. The minimum Gasteiger partial charge on any atom is -0.396 e. The summed E-state index contributed by atoms with van der Waals surface area (Å²) >= 11 is 0. The first kappa shape index (κ1) is 12.7. The molecule has 1 aliphatic rings. The summed E-state index contributed by atoms with van der Waals surface area (Å²) in [5.41, 5.74) is 0. The Bertz CT molecular complexity index is 190. The molecule has 0 aromatic carbocycles. The number of hydrogen-bond donors (Lipinski definition) is 2. The second-order valence-electron chi connectivity index (χ2n) is 3.98.